The Labute approximate surface area is 110 Å². The molecule has 0 amide bonds. The first-order valence-corrected chi connectivity index (χ1v) is 6.93. The molecule has 0 radical (unpaired) electrons. The standard InChI is InChI=1S/C14H24N4/c1-11(2)10-12-4-5-14(17-16-12)18(3)13-6-8-15-9-7-13/h4-5,11,13,15H,6-10H2,1-3H3. The van der Waals surface area contributed by atoms with Gasteiger partial charge in [0.15, 0.2) is 5.82 Å². The van der Waals surface area contributed by atoms with E-state index in [9.17, 15) is 0 Å². The average molecular weight is 248 g/mol. The van der Waals surface area contributed by atoms with Crippen LogP contribution in [0.3, 0.4) is 0 Å². The lowest BCUT2D eigenvalue weighted by Crippen LogP contribution is -2.41. The van der Waals surface area contributed by atoms with E-state index >= 15 is 0 Å². The van der Waals surface area contributed by atoms with Crippen molar-refractivity contribution in [2.24, 2.45) is 5.92 Å². The Morgan fingerprint density at radius 3 is 2.56 bits per heavy atom. The van der Waals surface area contributed by atoms with Crippen LogP contribution < -0.4 is 10.2 Å². The maximum atomic E-state index is 4.36. The van der Waals surface area contributed by atoms with E-state index in [0.29, 0.717) is 12.0 Å². The van der Waals surface area contributed by atoms with Gasteiger partial charge in [0, 0.05) is 13.1 Å². The smallest absolute Gasteiger partial charge is 0.151 e. The summed E-state index contributed by atoms with van der Waals surface area (Å²) >= 11 is 0. The maximum Gasteiger partial charge on any atom is 0.151 e. The molecule has 18 heavy (non-hydrogen) atoms. The van der Waals surface area contributed by atoms with Crippen molar-refractivity contribution in [3.8, 4) is 0 Å². The summed E-state index contributed by atoms with van der Waals surface area (Å²) in [6, 6.07) is 4.81. The highest BCUT2D eigenvalue weighted by atomic mass is 15.3. The minimum atomic E-state index is 0.594. The van der Waals surface area contributed by atoms with Crippen LogP contribution in [0.5, 0.6) is 0 Å². The van der Waals surface area contributed by atoms with E-state index in [1.807, 2.05) is 0 Å². The summed E-state index contributed by atoms with van der Waals surface area (Å²) in [6.45, 7) is 6.62. The lowest BCUT2D eigenvalue weighted by molar-refractivity contribution is 0.441. The third kappa shape index (κ3) is 3.42. The Morgan fingerprint density at radius 1 is 1.28 bits per heavy atom. The van der Waals surface area contributed by atoms with Crippen LogP contribution >= 0.6 is 0 Å². The van der Waals surface area contributed by atoms with Crippen LogP contribution in [0.15, 0.2) is 12.1 Å². The van der Waals surface area contributed by atoms with Gasteiger partial charge in [-0.05, 0) is 50.4 Å². The number of hydrogen-bond acceptors (Lipinski definition) is 4. The van der Waals surface area contributed by atoms with E-state index in [2.05, 4.69) is 53.4 Å². The summed E-state index contributed by atoms with van der Waals surface area (Å²) < 4.78 is 0. The molecule has 100 valence electrons. The zero-order valence-corrected chi connectivity index (χ0v) is 11.7. The fraction of sp³-hybridized carbons (Fsp3) is 0.714. The second-order valence-corrected chi connectivity index (χ2v) is 5.57. The number of nitrogens with zero attached hydrogens (tertiary/aromatic N) is 3. The van der Waals surface area contributed by atoms with Gasteiger partial charge in [-0.15, -0.1) is 5.10 Å². The fourth-order valence-electron chi connectivity index (χ4n) is 2.45. The molecule has 0 aliphatic carbocycles. The van der Waals surface area contributed by atoms with Gasteiger partial charge in [-0.3, -0.25) is 0 Å². The van der Waals surface area contributed by atoms with E-state index in [1.54, 1.807) is 0 Å². The molecule has 1 aromatic rings. The van der Waals surface area contributed by atoms with Gasteiger partial charge in [-0.1, -0.05) is 13.8 Å². The largest absolute Gasteiger partial charge is 0.355 e. The molecule has 1 aliphatic rings. The second kappa shape index (κ2) is 6.14. The van der Waals surface area contributed by atoms with Gasteiger partial charge < -0.3 is 10.2 Å². The zero-order chi connectivity index (χ0) is 13.0. The van der Waals surface area contributed by atoms with E-state index in [1.165, 1.54) is 12.8 Å². The Balaban J connectivity index is 1.99. The molecule has 2 rings (SSSR count). The van der Waals surface area contributed by atoms with Crippen molar-refractivity contribution in [2.45, 2.75) is 39.2 Å². The number of hydrogen-bond donors (Lipinski definition) is 1. The molecule has 0 unspecified atom stereocenters. The lowest BCUT2D eigenvalue weighted by Gasteiger charge is -2.32. The van der Waals surface area contributed by atoms with Crippen LogP contribution in [0.25, 0.3) is 0 Å². The van der Waals surface area contributed by atoms with E-state index in [4.69, 9.17) is 0 Å². The highest BCUT2D eigenvalue weighted by molar-refractivity contribution is 5.37. The molecule has 2 heterocycles. The van der Waals surface area contributed by atoms with Crippen LogP contribution in [0, 0.1) is 5.92 Å². The van der Waals surface area contributed by atoms with Gasteiger partial charge in [0.1, 0.15) is 0 Å². The van der Waals surface area contributed by atoms with Crippen LogP contribution in [0.4, 0.5) is 5.82 Å². The Bertz CT molecular complexity index is 355. The third-order valence-electron chi connectivity index (χ3n) is 3.54. The van der Waals surface area contributed by atoms with Crippen molar-refractivity contribution >= 4 is 5.82 Å². The van der Waals surface area contributed by atoms with Crippen molar-refractivity contribution in [3.63, 3.8) is 0 Å². The highest BCUT2D eigenvalue weighted by Gasteiger charge is 2.19. The molecule has 1 fully saturated rings. The van der Waals surface area contributed by atoms with Crippen LogP contribution in [-0.4, -0.2) is 36.4 Å². The third-order valence-corrected chi connectivity index (χ3v) is 3.54. The molecule has 4 nitrogen and oxygen atoms in total. The van der Waals surface area contributed by atoms with Gasteiger partial charge in [-0.2, -0.15) is 5.10 Å². The summed E-state index contributed by atoms with van der Waals surface area (Å²) in [4.78, 5) is 2.27. The molecule has 1 aliphatic heterocycles. The minimum absolute atomic E-state index is 0.594. The average Bonchev–Trinajstić information content (AvgIpc) is 2.39. The van der Waals surface area contributed by atoms with Gasteiger partial charge in [0.25, 0.3) is 0 Å². The molecule has 1 saturated heterocycles. The monoisotopic (exact) mass is 248 g/mol. The molecule has 0 aromatic carbocycles. The van der Waals surface area contributed by atoms with E-state index in [0.717, 1.165) is 31.0 Å². The normalized spacial score (nSPS) is 17.1. The summed E-state index contributed by atoms with van der Waals surface area (Å²) in [5.41, 5.74) is 1.09. The minimum Gasteiger partial charge on any atom is -0.355 e. The predicted molar refractivity (Wildman–Crippen MR) is 74.9 cm³/mol. The molecule has 0 saturated carbocycles. The summed E-state index contributed by atoms with van der Waals surface area (Å²) in [6.07, 6.45) is 3.38. The van der Waals surface area contributed by atoms with Crippen molar-refractivity contribution in [1.82, 2.24) is 15.5 Å². The van der Waals surface area contributed by atoms with Crippen LogP contribution in [-0.2, 0) is 6.42 Å². The topological polar surface area (TPSA) is 41.0 Å². The van der Waals surface area contributed by atoms with Crippen molar-refractivity contribution in [1.29, 1.82) is 0 Å². The van der Waals surface area contributed by atoms with E-state index < -0.39 is 0 Å². The Kier molecular flexibility index (Phi) is 4.53. The molecule has 1 aromatic heterocycles. The molecular weight excluding hydrogens is 224 g/mol. The van der Waals surface area contributed by atoms with Crippen LogP contribution in [0.1, 0.15) is 32.4 Å². The van der Waals surface area contributed by atoms with Gasteiger partial charge in [0.05, 0.1) is 5.69 Å². The number of anilines is 1. The molecular formula is C14H24N4. The van der Waals surface area contributed by atoms with Gasteiger partial charge >= 0.3 is 0 Å². The predicted octanol–water partition coefficient (Wildman–Crippen LogP) is 1.86. The highest BCUT2D eigenvalue weighted by Crippen LogP contribution is 2.17. The van der Waals surface area contributed by atoms with Crippen molar-refractivity contribution in [3.05, 3.63) is 17.8 Å². The number of aromatic nitrogens is 2. The number of rotatable bonds is 4. The quantitative estimate of drug-likeness (QED) is 0.883. The first-order valence-electron chi connectivity index (χ1n) is 6.93. The molecule has 0 spiro atoms. The van der Waals surface area contributed by atoms with Crippen molar-refractivity contribution < 1.29 is 0 Å². The van der Waals surface area contributed by atoms with E-state index in [-0.39, 0.29) is 0 Å². The van der Waals surface area contributed by atoms with Crippen LogP contribution in [0.2, 0.25) is 0 Å². The lowest BCUT2D eigenvalue weighted by atomic mass is 10.1. The number of piperidine rings is 1. The first-order chi connectivity index (χ1) is 8.66. The maximum absolute atomic E-state index is 4.36. The molecule has 4 heteroatoms. The molecule has 0 atom stereocenters. The SMILES string of the molecule is CC(C)Cc1ccc(N(C)C2CCNCC2)nn1. The molecule has 0 bridgehead atoms. The number of nitrogens with one attached hydrogen (secondary N) is 1. The summed E-state index contributed by atoms with van der Waals surface area (Å²) in [5.74, 6) is 1.63. The fourth-order valence-corrected chi connectivity index (χ4v) is 2.45. The zero-order valence-electron chi connectivity index (χ0n) is 11.7. The second-order valence-electron chi connectivity index (χ2n) is 5.57. The Morgan fingerprint density at radius 2 is 2.00 bits per heavy atom. The van der Waals surface area contributed by atoms with Crippen molar-refractivity contribution in [2.75, 3.05) is 25.0 Å². The van der Waals surface area contributed by atoms with Gasteiger partial charge in [0.2, 0.25) is 0 Å². The Hall–Kier alpha value is -1.16. The summed E-state index contributed by atoms with van der Waals surface area (Å²) in [5, 5.41) is 12.1. The first kappa shape index (κ1) is 13.3. The summed E-state index contributed by atoms with van der Waals surface area (Å²) in [7, 11) is 2.13. The molecule has 1 N–H and O–H groups in total. The van der Waals surface area contributed by atoms with Gasteiger partial charge in [-0.25, -0.2) is 0 Å².